The Bertz CT molecular complexity index is 1420. The minimum atomic E-state index is -0.661. The summed E-state index contributed by atoms with van der Waals surface area (Å²) in [5, 5.41) is 12.4. The van der Waals surface area contributed by atoms with Crippen molar-refractivity contribution in [1.82, 2.24) is 19.4 Å². The Kier molecular flexibility index (Phi) is 4.37. The van der Waals surface area contributed by atoms with Gasteiger partial charge in [-0.15, -0.1) is 0 Å². The van der Waals surface area contributed by atoms with E-state index in [0.717, 1.165) is 46.3 Å². The molecule has 0 amide bonds. The van der Waals surface area contributed by atoms with E-state index in [9.17, 15) is 14.7 Å². The molecule has 0 saturated heterocycles. The van der Waals surface area contributed by atoms with Crippen LogP contribution in [0.15, 0.2) is 52.1 Å². The van der Waals surface area contributed by atoms with Crippen LogP contribution in [0.1, 0.15) is 34.0 Å². The van der Waals surface area contributed by atoms with Crippen LogP contribution in [0, 0.1) is 13.8 Å². The second kappa shape index (κ2) is 6.99. The number of benzene rings is 2. The van der Waals surface area contributed by atoms with Gasteiger partial charge in [0.1, 0.15) is 5.56 Å². The van der Waals surface area contributed by atoms with Gasteiger partial charge in [-0.2, -0.15) is 0 Å². The average Bonchev–Trinajstić information content (AvgIpc) is 3.07. The quantitative estimate of drug-likeness (QED) is 0.468. The van der Waals surface area contributed by atoms with Crippen LogP contribution < -0.4 is 11.2 Å². The van der Waals surface area contributed by atoms with Crippen molar-refractivity contribution in [3.8, 4) is 11.6 Å². The molecule has 31 heavy (non-hydrogen) atoms. The van der Waals surface area contributed by atoms with Crippen LogP contribution in [-0.2, 0) is 6.42 Å². The predicted octanol–water partition coefficient (Wildman–Crippen LogP) is 2.91. The molecule has 4 aromatic rings. The first-order valence-electron chi connectivity index (χ1n) is 10.3. The maximum Gasteiger partial charge on any atom is 0.335 e. The number of likely N-dealkylation sites (N-methyl/N-ethyl adjacent to an activating group) is 1. The number of nitrogens with one attached hydrogen (secondary N) is 2. The molecule has 0 saturated carbocycles. The number of aromatic amines is 2. The molecule has 1 aliphatic heterocycles. The van der Waals surface area contributed by atoms with Crippen LogP contribution in [0.5, 0.6) is 5.88 Å². The number of hydrogen-bond acceptors (Lipinski definition) is 4. The van der Waals surface area contributed by atoms with Gasteiger partial charge in [0.25, 0.3) is 5.56 Å². The monoisotopic (exact) mass is 416 g/mol. The van der Waals surface area contributed by atoms with E-state index in [1.165, 1.54) is 4.57 Å². The van der Waals surface area contributed by atoms with Gasteiger partial charge >= 0.3 is 5.69 Å². The summed E-state index contributed by atoms with van der Waals surface area (Å²) in [7, 11) is 1.92. The third-order valence-corrected chi connectivity index (χ3v) is 6.13. The van der Waals surface area contributed by atoms with E-state index in [0.29, 0.717) is 5.69 Å². The topological polar surface area (TPSA) is 94.1 Å². The van der Waals surface area contributed by atoms with Crippen LogP contribution >= 0.6 is 0 Å². The SMILES string of the molecule is Cc1cc(C)cc(-n2c(O)c(C3c4[nH]c5ccccc5c4CCN3C)c(=O)[nH]c2=O)c1. The molecule has 5 rings (SSSR count). The second-order valence-electron chi connectivity index (χ2n) is 8.37. The number of aromatic hydroxyl groups is 1. The fraction of sp³-hybridized carbons (Fsp3) is 0.250. The highest BCUT2D eigenvalue weighted by Crippen LogP contribution is 2.39. The predicted molar refractivity (Wildman–Crippen MR) is 120 cm³/mol. The zero-order chi connectivity index (χ0) is 21.9. The van der Waals surface area contributed by atoms with E-state index >= 15 is 0 Å². The van der Waals surface area contributed by atoms with E-state index < -0.39 is 17.3 Å². The summed E-state index contributed by atoms with van der Waals surface area (Å²) in [6.07, 6.45) is 0.835. The van der Waals surface area contributed by atoms with Crippen LogP contribution in [0.2, 0.25) is 0 Å². The first-order chi connectivity index (χ1) is 14.8. The zero-order valence-electron chi connectivity index (χ0n) is 17.7. The number of aromatic nitrogens is 3. The Balaban J connectivity index is 1.79. The Morgan fingerprint density at radius 1 is 1.03 bits per heavy atom. The maximum atomic E-state index is 13.0. The largest absolute Gasteiger partial charge is 0.494 e. The average molecular weight is 416 g/mol. The molecule has 3 N–H and O–H groups in total. The highest BCUT2D eigenvalue weighted by molar-refractivity contribution is 5.85. The first kappa shape index (κ1) is 19.4. The van der Waals surface area contributed by atoms with Crippen LogP contribution in [0.3, 0.4) is 0 Å². The number of fused-ring (bicyclic) bond motifs is 3. The standard InChI is InChI=1S/C24H24N4O3/c1-13-10-14(2)12-15(11-13)28-23(30)19(22(29)26-24(28)31)21-20-17(8-9-27(21)3)16-6-4-5-7-18(16)25-20/h4-7,10-12,21,25,30H,8-9H2,1-3H3,(H,26,29,31). The molecule has 2 aromatic heterocycles. The van der Waals surface area contributed by atoms with Crippen LogP contribution in [0.25, 0.3) is 16.6 Å². The van der Waals surface area contributed by atoms with Crippen molar-refractivity contribution in [2.75, 3.05) is 13.6 Å². The van der Waals surface area contributed by atoms with Gasteiger partial charge in [0.15, 0.2) is 0 Å². The second-order valence-corrected chi connectivity index (χ2v) is 8.37. The molecule has 3 heterocycles. The number of para-hydroxylation sites is 1. The molecule has 2 aromatic carbocycles. The van der Waals surface area contributed by atoms with Gasteiger partial charge in [-0.25, -0.2) is 9.36 Å². The van der Waals surface area contributed by atoms with E-state index in [-0.39, 0.29) is 11.4 Å². The van der Waals surface area contributed by atoms with Crippen LogP contribution in [-0.4, -0.2) is 38.1 Å². The fourth-order valence-electron chi connectivity index (χ4n) is 4.83. The summed E-state index contributed by atoms with van der Waals surface area (Å²) in [5.41, 5.74) is 4.37. The molecule has 158 valence electrons. The van der Waals surface area contributed by atoms with E-state index in [4.69, 9.17) is 0 Å². The molecule has 0 fully saturated rings. The number of hydrogen-bond donors (Lipinski definition) is 3. The minimum absolute atomic E-state index is 0.161. The number of rotatable bonds is 2. The number of H-pyrrole nitrogens is 2. The Hall–Kier alpha value is -3.58. The van der Waals surface area contributed by atoms with Crippen LogP contribution in [0.4, 0.5) is 0 Å². The third-order valence-electron chi connectivity index (χ3n) is 6.13. The summed E-state index contributed by atoms with van der Waals surface area (Å²) >= 11 is 0. The lowest BCUT2D eigenvalue weighted by atomic mass is 9.93. The number of nitrogens with zero attached hydrogens (tertiary/aromatic N) is 2. The van der Waals surface area contributed by atoms with E-state index in [1.54, 1.807) is 0 Å². The summed E-state index contributed by atoms with van der Waals surface area (Å²) in [6, 6.07) is 13.1. The molecular formula is C24H24N4O3. The summed E-state index contributed by atoms with van der Waals surface area (Å²) in [5.74, 6) is -0.331. The van der Waals surface area contributed by atoms with Gasteiger partial charge in [0, 0.05) is 23.1 Å². The molecule has 1 unspecified atom stereocenters. The highest BCUT2D eigenvalue weighted by Gasteiger charge is 2.34. The van der Waals surface area contributed by atoms with Gasteiger partial charge in [-0.3, -0.25) is 14.7 Å². The Morgan fingerprint density at radius 2 is 1.74 bits per heavy atom. The Labute approximate surface area is 178 Å². The van der Waals surface area contributed by atoms with Crippen molar-refractivity contribution in [3.05, 3.63) is 91.3 Å². The van der Waals surface area contributed by atoms with Gasteiger partial charge in [-0.1, -0.05) is 24.3 Å². The minimum Gasteiger partial charge on any atom is -0.494 e. The molecule has 0 radical (unpaired) electrons. The molecule has 7 nitrogen and oxygen atoms in total. The molecule has 0 spiro atoms. The third kappa shape index (κ3) is 3.00. The zero-order valence-corrected chi connectivity index (χ0v) is 17.7. The molecule has 7 heteroatoms. The summed E-state index contributed by atoms with van der Waals surface area (Å²) in [6.45, 7) is 4.58. The fourth-order valence-corrected chi connectivity index (χ4v) is 4.83. The number of aryl methyl sites for hydroxylation is 2. The molecule has 0 aliphatic carbocycles. The van der Waals surface area contributed by atoms with Crippen molar-refractivity contribution in [2.24, 2.45) is 0 Å². The van der Waals surface area contributed by atoms with Gasteiger partial charge in [0.05, 0.1) is 11.7 Å². The normalized spacial score (nSPS) is 16.5. The lowest BCUT2D eigenvalue weighted by Gasteiger charge is -2.33. The highest BCUT2D eigenvalue weighted by atomic mass is 16.3. The van der Waals surface area contributed by atoms with E-state index in [1.807, 2.05) is 62.2 Å². The van der Waals surface area contributed by atoms with Crippen molar-refractivity contribution in [2.45, 2.75) is 26.3 Å². The first-order valence-corrected chi connectivity index (χ1v) is 10.3. The van der Waals surface area contributed by atoms with Gasteiger partial charge < -0.3 is 10.1 Å². The molecular weight excluding hydrogens is 392 g/mol. The molecule has 1 atom stereocenters. The van der Waals surface area contributed by atoms with Gasteiger partial charge in [0.2, 0.25) is 5.88 Å². The van der Waals surface area contributed by atoms with Gasteiger partial charge in [-0.05, 0) is 62.2 Å². The van der Waals surface area contributed by atoms with Crippen molar-refractivity contribution >= 4 is 10.9 Å². The van der Waals surface area contributed by atoms with E-state index in [2.05, 4.69) is 16.0 Å². The van der Waals surface area contributed by atoms with Crippen molar-refractivity contribution in [1.29, 1.82) is 0 Å². The summed E-state index contributed by atoms with van der Waals surface area (Å²) in [4.78, 5) is 33.6. The van der Waals surface area contributed by atoms with Crippen molar-refractivity contribution in [3.63, 3.8) is 0 Å². The molecule has 0 bridgehead atoms. The smallest absolute Gasteiger partial charge is 0.335 e. The molecule has 1 aliphatic rings. The lowest BCUT2D eigenvalue weighted by Crippen LogP contribution is -2.39. The van der Waals surface area contributed by atoms with Crippen molar-refractivity contribution < 1.29 is 5.11 Å². The summed E-state index contributed by atoms with van der Waals surface area (Å²) < 4.78 is 1.18. The maximum absolute atomic E-state index is 13.0. The Morgan fingerprint density at radius 3 is 2.48 bits per heavy atom. The lowest BCUT2D eigenvalue weighted by molar-refractivity contribution is 0.252.